The average molecular weight is 205 g/mol. The van der Waals surface area contributed by atoms with Crippen molar-refractivity contribution in [1.82, 2.24) is 5.43 Å². The maximum absolute atomic E-state index is 11.9. The summed E-state index contributed by atoms with van der Waals surface area (Å²) >= 11 is 0. The Hall–Kier alpha value is -1.39. The molecule has 1 aliphatic heterocycles. The van der Waals surface area contributed by atoms with Crippen LogP contribution in [0.25, 0.3) is 0 Å². The van der Waals surface area contributed by atoms with Gasteiger partial charge in [0.15, 0.2) is 0 Å². The van der Waals surface area contributed by atoms with E-state index >= 15 is 0 Å². The minimum absolute atomic E-state index is 0.0915. The van der Waals surface area contributed by atoms with Gasteiger partial charge in [0.2, 0.25) is 0 Å². The molecule has 1 aromatic carbocycles. The topological polar surface area (TPSA) is 58.4 Å². The van der Waals surface area contributed by atoms with E-state index in [0.29, 0.717) is 0 Å². The Labute approximate surface area is 89.0 Å². The standard InChI is InChI=1S/C11H15N3O/c1-11(2)9(12)10(15)14(13-11)8-6-4-3-5-7-8/h3-7,9,13H,12H2,1-2H3. The molecule has 0 aromatic heterocycles. The number of anilines is 1. The van der Waals surface area contributed by atoms with E-state index in [0.717, 1.165) is 5.69 Å². The average Bonchev–Trinajstić information content (AvgIpc) is 2.44. The van der Waals surface area contributed by atoms with Crippen LogP contribution in [0, 0.1) is 0 Å². The molecule has 0 saturated carbocycles. The molecule has 80 valence electrons. The predicted octanol–water partition coefficient (Wildman–Crippen LogP) is 0.644. The second-order valence-electron chi connectivity index (χ2n) is 4.32. The number of rotatable bonds is 1. The van der Waals surface area contributed by atoms with Crippen LogP contribution in [-0.4, -0.2) is 17.5 Å². The van der Waals surface area contributed by atoms with E-state index in [4.69, 9.17) is 5.73 Å². The minimum Gasteiger partial charge on any atom is -0.318 e. The summed E-state index contributed by atoms with van der Waals surface area (Å²) in [7, 11) is 0. The SMILES string of the molecule is CC1(C)NN(c2ccccc2)C(=O)C1N. The Morgan fingerprint density at radius 3 is 2.40 bits per heavy atom. The van der Waals surface area contributed by atoms with Crippen LogP contribution < -0.4 is 16.2 Å². The zero-order valence-electron chi connectivity index (χ0n) is 8.90. The molecule has 0 bridgehead atoms. The van der Waals surface area contributed by atoms with Crippen molar-refractivity contribution in [2.24, 2.45) is 5.73 Å². The second kappa shape index (κ2) is 3.32. The van der Waals surface area contributed by atoms with Gasteiger partial charge in [-0.15, -0.1) is 0 Å². The number of hydrogen-bond donors (Lipinski definition) is 2. The summed E-state index contributed by atoms with van der Waals surface area (Å²) in [6.07, 6.45) is 0. The number of amides is 1. The van der Waals surface area contributed by atoms with Crippen LogP contribution in [0.5, 0.6) is 0 Å². The van der Waals surface area contributed by atoms with Crippen molar-refractivity contribution in [3.8, 4) is 0 Å². The molecule has 0 radical (unpaired) electrons. The summed E-state index contributed by atoms with van der Waals surface area (Å²) in [5.74, 6) is -0.0915. The van der Waals surface area contributed by atoms with Crippen LogP contribution in [0.2, 0.25) is 0 Å². The number of para-hydroxylation sites is 1. The van der Waals surface area contributed by atoms with E-state index in [2.05, 4.69) is 5.43 Å². The number of nitrogens with one attached hydrogen (secondary N) is 1. The quantitative estimate of drug-likeness (QED) is 0.707. The number of hydrazine groups is 1. The molecule has 3 N–H and O–H groups in total. The normalized spacial score (nSPS) is 24.6. The highest BCUT2D eigenvalue weighted by molar-refractivity contribution is 5.99. The fourth-order valence-electron chi connectivity index (χ4n) is 1.63. The third kappa shape index (κ3) is 1.62. The molecule has 1 atom stereocenters. The molecule has 1 fully saturated rings. The largest absolute Gasteiger partial charge is 0.318 e. The van der Waals surface area contributed by atoms with Crippen LogP contribution >= 0.6 is 0 Å². The molecular formula is C11H15N3O. The fraction of sp³-hybridized carbons (Fsp3) is 0.364. The van der Waals surface area contributed by atoms with Gasteiger partial charge >= 0.3 is 0 Å². The number of hydrogen-bond acceptors (Lipinski definition) is 3. The van der Waals surface area contributed by atoms with Crippen molar-refractivity contribution in [1.29, 1.82) is 0 Å². The van der Waals surface area contributed by atoms with Crippen molar-refractivity contribution < 1.29 is 4.79 Å². The van der Waals surface area contributed by atoms with Crippen LogP contribution in [0.3, 0.4) is 0 Å². The van der Waals surface area contributed by atoms with E-state index in [-0.39, 0.29) is 5.91 Å². The van der Waals surface area contributed by atoms with Crippen molar-refractivity contribution >= 4 is 11.6 Å². The summed E-state index contributed by atoms with van der Waals surface area (Å²) in [4.78, 5) is 11.9. The maximum atomic E-state index is 11.9. The lowest BCUT2D eigenvalue weighted by Gasteiger charge is -2.22. The highest BCUT2D eigenvalue weighted by atomic mass is 16.2. The van der Waals surface area contributed by atoms with Crippen molar-refractivity contribution in [2.45, 2.75) is 25.4 Å². The molecule has 1 aromatic rings. The Morgan fingerprint density at radius 1 is 1.33 bits per heavy atom. The van der Waals surface area contributed by atoms with Crippen LogP contribution in [0.4, 0.5) is 5.69 Å². The molecule has 1 heterocycles. The molecule has 15 heavy (non-hydrogen) atoms. The van der Waals surface area contributed by atoms with E-state index in [1.54, 1.807) is 0 Å². The zero-order valence-corrected chi connectivity index (χ0v) is 8.90. The van der Waals surface area contributed by atoms with Gasteiger partial charge in [-0.1, -0.05) is 18.2 Å². The molecule has 1 saturated heterocycles. The molecule has 1 amide bonds. The molecule has 0 spiro atoms. The smallest absolute Gasteiger partial charge is 0.260 e. The minimum atomic E-state index is -0.502. The van der Waals surface area contributed by atoms with Gasteiger partial charge in [0.1, 0.15) is 6.04 Å². The van der Waals surface area contributed by atoms with Crippen LogP contribution in [0.15, 0.2) is 30.3 Å². The summed E-state index contributed by atoms with van der Waals surface area (Å²) < 4.78 is 0. The molecule has 4 heteroatoms. The van der Waals surface area contributed by atoms with Gasteiger partial charge in [-0.3, -0.25) is 4.79 Å². The van der Waals surface area contributed by atoms with Gasteiger partial charge in [0, 0.05) is 0 Å². The van der Waals surface area contributed by atoms with Crippen LogP contribution in [-0.2, 0) is 4.79 Å². The number of benzene rings is 1. The molecular weight excluding hydrogens is 190 g/mol. The van der Waals surface area contributed by atoms with E-state index in [1.165, 1.54) is 5.01 Å². The summed E-state index contributed by atoms with van der Waals surface area (Å²) in [6.45, 7) is 3.83. The van der Waals surface area contributed by atoms with Crippen LogP contribution in [0.1, 0.15) is 13.8 Å². The number of nitrogens with two attached hydrogens (primary N) is 1. The first kappa shape index (κ1) is 10.1. The Balaban J connectivity index is 2.31. The van der Waals surface area contributed by atoms with Crippen molar-refractivity contribution in [3.05, 3.63) is 30.3 Å². The lowest BCUT2D eigenvalue weighted by atomic mass is 9.98. The fourth-order valence-corrected chi connectivity index (χ4v) is 1.63. The molecule has 1 unspecified atom stereocenters. The van der Waals surface area contributed by atoms with Gasteiger partial charge in [0.25, 0.3) is 5.91 Å². The van der Waals surface area contributed by atoms with E-state index in [1.807, 2.05) is 44.2 Å². The predicted molar refractivity (Wildman–Crippen MR) is 59.1 cm³/mol. The van der Waals surface area contributed by atoms with Crippen molar-refractivity contribution in [2.75, 3.05) is 5.01 Å². The first-order chi connectivity index (χ1) is 7.02. The van der Waals surface area contributed by atoms with E-state index in [9.17, 15) is 4.79 Å². The van der Waals surface area contributed by atoms with Gasteiger partial charge in [0.05, 0.1) is 11.2 Å². The molecule has 2 rings (SSSR count). The Morgan fingerprint density at radius 2 is 1.93 bits per heavy atom. The third-order valence-electron chi connectivity index (χ3n) is 2.68. The van der Waals surface area contributed by atoms with Gasteiger partial charge in [-0.25, -0.2) is 10.4 Å². The first-order valence-electron chi connectivity index (χ1n) is 4.95. The Bertz CT molecular complexity index is 375. The summed E-state index contributed by atoms with van der Waals surface area (Å²) in [5, 5.41) is 1.52. The zero-order chi connectivity index (χ0) is 11.1. The summed E-state index contributed by atoms with van der Waals surface area (Å²) in [5.41, 5.74) is 9.36. The highest BCUT2D eigenvalue weighted by Crippen LogP contribution is 2.23. The Kier molecular flexibility index (Phi) is 2.25. The monoisotopic (exact) mass is 205 g/mol. The molecule has 1 aliphatic rings. The summed E-state index contributed by atoms with van der Waals surface area (Å²) in [6, 6.07) is 8.94. The second-order valence-corrected chi connectivity index (χ2v) is 4.32. The molecule has 0 aliphatic carbocycles. The van der Waals surface area contributed by atoms with Gasteiger partial charge < -0.3 is 5.73 Å². The van der Waals surface area contributed by atoms with Gasteiger partial charge in [-0.05, 0) is 26.0 Å². The molecule has 4 nitrogen and oxygen atoms in total. The highest BCUT2D eigenvalue weighted by Gasteiger charge is 2.44. The maximum Gasteiger partial charge on any atom is 0.260 e. The lowest BCUT2D eigenvalue weighted by Crippen LogP contribution is -2.48. The first-order valence-corrected chi connectivity index (χ1v) is 4.95. The number of nitrogens with zero attached hydrogens (tertiary/aromatic N) is 1. The van der Waals surface area contributed by atoms with Crippen molar-refractivity contribution in [3.63, 3.8) is 0 Å². The lowest BCUT2D eigenvalue weighted by molar-refractivity contribution is -0.118. The number of carbonyl (C=O) groups excluding carboxylic acids is 1. The van der Waals surface area contributed by atoms with E-state index < -0.39 is 11.6 Å². The van der Waals surface area contributed by atoms with Gasteiger partial charge in [-0.2, -0.15) is 0 Å². The number of carbonyl (C=O) groups is 1. The third-order valence-corrected chi connectivity index (χ3v) is 2.68.